The molecule has 0 aliphatic carbocycles. The fourth-order valence-electron chi connectivity index (χ4n) is 3.51. The Balaban J connectivity index is 1.56. The standard InChI is InChI=1S/C21H24N4/c1-4-19(16-23-9-1)21-18(3-2-10-24-21)15-17-5-7-20(8-6-17)25-13-11-22-12-14-25/h1,4-9,15-16,22H,2-3,10-14H2. The summed E-state index contributed by atoms with van der Waals surface area (Å²) in [5.41, 5.74) is 6.09. The zero-order valence-electron chi connectivity index (χ0n) is 14.5. The molecule has 4 nitrogen and oxygen atoms in total. The number of nitrogens with zero attached hydrogens (tertiary/aromatic N) is 3. The van der Waals surface area contributed by atoms with Crippen molar-refractivity contribution in [3.8, 4) is 0 Å². The number of piperazine rings is 1. The monoisotopic (exact) mass is 332 g/mol. The second-order valence-corrected chi connectivity index (χ2v) is 6.57. The SMILES string of the molecule is C(=C1CCCN=C1c1cccnc1)c1ccc(N2CCNCC2)cc1. The molecule has 1 saturated heterocycles. The molecule has 4 heteroatoms. The summed E-state index contributed by atoms with van der Waals surface area (Å²) in [5, 5.41) is 3.40. The number of pyridine rings is 1. The number of aromatic nitrogens is 1. The van der Waals surface area contributed by atoms with Gasteiger partial charge in [0.05, 0.1) is 5.71 Å². The van der Waals surface area contributed by atoms with E-state index in [0.29, 0.717) is 0 Å². The zero-order chi connectivity index (χ0) is 16.9. The fraction of sp³-hybridized carbons (Fsp3) is 0.333. The van der Waals surface area contributed by atoms with Crippen LogP contribution in [0.25, 0.3) is 6.08 Å². The van der Waals surface area contributed by atoms with Gasteiger partial charge in [-0.1, -0.05) is 12.1 Å². The molecule has 1 N–H and O–H groups in total. The van der Waals surface area contributed by atoms with E-state index in [4.69, 9.17) is 4.99 Å². The number of benzene rings is 1. The van der Waals surface area contributed by atoms with Gasteiger partial charge >= 0.3 is 0 Å². The third kappa shape index (κ3) is 3.80. The molecule has 1 aromatic carbocycles. The van der Waals surface area contributed by atoms with Crippen LogP contribution in [0.1, 0.15) is 24.0 Å². The zero-order valence-corrected chi connectivity index (χ0v) is 14.5. The maximum atomic E-state index is 4.76. The van der Waals surface area contributed by atoms with Crippen LogP contribution in [0.2, 0.25) is 0 Å². The van der Waals surface area contributed by atoms with Gasteiger partial charge in [0, 0.05) is 56.4 Å². The van der Waals surface area contributed by atoms with Crippen LogP contribution < -0.4 is 10.2 Å². The molecule has 2 aliphatic heterocycles. The van der Waals surface area contributed by atoms with Crippen molar-refractivity contribution in [1.82, 2.24) is 10.3 Å². The van der Waals surface area contributed by atoms with E-state index in [2.05, 4.69) is 51.6 Å². The van der Waals surface area contributed by atoms with Crippen molar-refractivity contribution >= 4 is 17.5 Å². The fourth-order valence-corrected chi connectivity index (χ4v) is 3.51. The van der Waals surface area contributed by atoms with Crippen LogP contribution in [-0.4, -0.2) is 43.4 Å². The van der Waals surface area contributed by atoms with E-state index in [9.17, 15) is 0 Å². The van der Waals surface area contributed by atoms with Gasteiger partial charge in [0.25, 0.3) is 0 Å². The Kier molecular flexibility index (Phi) is 4.89. The third-order valence-corrected chi connectivity index (χ3v) is 4.83. The van der Waals surface area contributed by atoms with Crippen LogP contribution in [-0.2, 0) is 0 Å². The normalized spacial score (nSPS) is 19.8. The molecule has 0 unspecified atom stereocenters. The van der Waals surface area contributed by atoms with Crippen molar-refractivity contribution in [1.29, 1.82) is 0 Å². The predicted octanol–water partition coefficient (Wildman–Crippen LogP) is 3.16. The van der Waals surface area contributed by atoms with Crippen LogP contribution in [0.4, 0.5) is 5.69 Å². The van der Waals surface area contributed by atoms with E-state index >= 15 is 0 Å². The highest BCUT2D eigenvalue weighted by atomic mass is 15.2. The van der Waals surface area contributed by atoms with Crippen molar-refractivity contribution in [2.45, 2.75) is 12.8 Å². The second-order valence-electron chi connectivity index (χ2n) is 6.57. The minimum Gasteiger partial charge on any atom is -0.369 e. The summed E-state index contributed by atoms with van der Waals surface area (Å²) in [6.45, 7) is 5.20. The predicted molar refractivity (Wildman–Crippen MR) is 104 cm³/mol. The van der Waals surface area contributed by atoms with Gasteiger partial charge in [-0.05, 0) is 54.3 Å². The molecule has 1 aromatic heterocycles. The summed E-state index contributed by atoms with van der Waals surface area (Å²) in [4.78, 5) is 11.4. The van der Waals surface area contributed by atoms with Gasteiger partial charge in [0.15, 0.2) is 0 Å². The number of aliphatic imine (C=N–C) groups is 1. The number of hydrogen-bond acceptors (Lipinski definition) is 4. The Labute approximate surface area is 149 Å². The van der Waals surface area contributed by atoms with Crippen LogP contribution in [0.3, 0.4) is 0 Å². The van der Waals surface area contributed by atoms with Crippen molar-refractivity contribution < 1.29 is 0 Å². The minimum atomic E-state index is 0.906. The van der Waals surface area contributed by atoms with Gasteiger partial charge < -0.3 is 10.2 Å². The van der Waals surface area contributed by atoms with E-state index in [0.717, 1.165) is 56.8 Å². The van der Waals surface area contributed by atoms with E-state index in [1.165, 1.54) is 16.8 Å². The molecule has 4 rings (SSSR count). The summed E-state index contributed by atoms with van der Waals surface area (Å²) in [6, 6.07) is 13.0. The molecule has 3 heterocycles. The average Bonchev–Trinajstić information content (AvgIpc) is 2.70. The van der Waals surface area contributed by atoms with E-state index < -0.39 is 0 Å². The first kappa shape index (κ1) is 16.0. The van der Waals surface area contributed by atoms with Gasteiger partial charge in [-0.3, -0.25) is 9.98 Å². The highest BCUT2D eigenvalue weighted by Crippen LogP contribution is 2.23. The lowest BCUT2D eigenvalue weighted by atomic mass is 9.95. The molecule has 0 bridgehead atoms. The molecule has 1 fully saturated rings. The average molecular weight is 332 g/mol. The van der Waals surface area contributed by atoms with E-state index in [1.807, 2.05) is 18.5 Å². The molecule has 128 valence electrons. The van der Waals surface area contributed by atoms with Crippen LogP contribution >= 0.6 is 0 Å². The number of nitrogens with one attached hydrogen (secondary N) is 1. The van der Waals surface area contributed by atoms with Gasteiger partial charge in [-0.25, -0.2) is 0 Å². The summed E-state index contributed by atoms with van der Waals surface area (Å²) < 4.78 is 0. The molecule has 0 amide bonds. The largest absolute Gasteiger partial charge is 0.369 e. The Morgan fingerprint density at radius 3 is 2.64 bits per heavy atom. The highest BCUT2D eigenvalue weighted by Gasteiger charge is 2.14. The highest BCUT2D eigenvalue weighted by molar-refractivity contribution is 6.15. The summed E-state index contributed by atoms with van der Waals surface area (Å²) in [5.74, 6) is 0. The summed E-state index contributed by atoms with van der Waals surface area (Å²) in [6.07, 6.45) is 8.20. The number of allylic oxidation sites excluding steroid dienone is 1. The Morgan fingerprint density at radius 1 is 1.04 bits per heavy atom. The van der Waals surface area contributed by atoms with Gasteiger partial charge in [0.2, 0.25) is 0 Å². The Morgan fingerprint density at radius 2 is 1.88 bits per heavy atom. The molecule has 25 heavy (non-hydrogen) atoms. The van der Waals surface area contributed by atoms with Gasteiger partial charge in [-0.2, -0.15) is 0 Å². The lowest BCUT2D eigenvalue weighted by Gasteiger charge is -2.29. The molecule has 0 saturated carbocycles. The molecule has 0 atom stereocenters. The Hall–Kier alpha value is -2.46. The third-order valence-electron chi connectivity index (χ3n) is 4.83. The lowest BCUT2D eigenvalue weighted by Crippen LogP contribution is -2.43. The maximum Gasteiger partial charge on any atom is 0.0694 e. The maximum absolute atomic E-state index is 4.76. The summed E-state index contributed by atoms with van der Waals surface area (Å²) >= 11 is 0. The Bertz CT molecular complexity index is 756. The quantitative estimate of drug-likeness (QED) is 0.939. The molecule has 2 aliphatic rings. The van der Waals surface area contributed by atoms with E-state index in [1.54, 1.807) is 0 Å². The van der Waals surface area contributed by atoms with Crippen LogP contribution in [0, 0.1) is 0 Å². The van der Waals surface area contributed by atoms with Crippen molar-refractivity contribution in [3.63, 3.8) is 0 Å². The second kappa shape index (κ2) is 7.62. The number of hydrogen-bond donors (Lipinski definition) is 1. The molecular formula is C21H24N4. The smallest absolute Gasteiger partial charge is 0.0694 e. The molecule has 2 aromatic rings. The molecule has 0 spiro atoms. The first-order chi connectivity index (χ1) is 12.4. The molecule has 0 radical (unpaired) electrons. The van der Waals surface area contributed by atoms with Crippen molar-refractivity contribution in [3.05, 3.63) is 65.5 Å². The van der Waals surface area contributed by atoms with Crippen molar-refractivity contribution in [2.24, 2.45) is 4.99 Å². The van der Waals surface area contributed by atoms with Gasteiger partial charge in [0.1, 0.15) is 0 Å². The van der Waals surface area contributed by atoms with Crippen LogP contribution in [0.5, 0.6) is 0 Å². The summed E-state index contributed by atoms with van der Waals surface area (Å²) in [7, 11) is 0. The van der Waals surface area contributed by atoms with Gasteiger partial charge in [-0.15, -0.1) is 0 Å². The topological polar surface area (TPSA) is 40.5 Å². The van der Waals surface area contributed by atoms with Crippen molar-refractivity contribution in [2.75, 3.05) is 37.6 Å². The molecular weight excluding hydrogens is 308 g/mol. The first-order valence-electron chi connectivity index (χ1n) is 9.12. The number of rotatable bonds is 3. The first-order valence-corrected chi connectivity index (χ1v) is 9.12. The van der Waals surface area contributed by atoms with E-state index in [-0.39, 0.29) is 0 Å². The van der Waals surface area contributed by atoms with Crippen LogP contribution in [0.15, 0.2) is 59.4 Å². The minimum absolute atomic E-state index is 0.906. The lowest BCUT2D eigenvalue weighted by molar-refractivity contribution is 0.589. The number of anilines is 1.